The zero-order valence-electron chi connectivity index (χ0n) is 12.7. The molecular weight excluding hydrogens is 220 g/mol. The van der Waals surface area contributed by atoms with E-state index >= 15 is 0 Å². The molecule has 0 bridgehead atoms. The van der Waals surface area contributed by atoms with Gasteiger partial charge in [-0.3, -0.25) is 0 Å². The SMILES string of the molecule is CCCCCCCC(C)NCCCN1CCCC1. The largest absolute Gasteiger partial charge is 0.314 e. The highest BCUT2D eigenvalue weighted by Gasteiger charge is 2.10. The minimum absolute atomic E-state index is 0.713. The summed E-state index contributed by atoms with van der Waals surface area (Å²) in [6, 6.07) is 0.713. The van der Waals surface area contributed by atoms with E-state index in [2.05, 4.69) is 24.1 Å². The Morgan fingerprint density at radius 1 is 1.00 bits per heavy atom. The number of hydrogen-bond acceptors (Lipinski definition) is 2. The third kappa shape index (κ3) is 8.10. The van der Waals surface area contributed by atoms with Crippen molar-refractivity contribution in [1.29, 1.82) is 0 Å². The summed E-state index contributed by atoms with van der Waals surface area (Å²) in [5.41, 5.74) is 0. The van der Waals surface area contributed by atoms with Crippen LogP contribution in [0.2, 0.25) is 0 Å². The lowest BCUT2D eigenvalue weighted by atomic mass is 10.1. The van der Waals surface area contributed by atoms with Gasteiger partial charge in [0.25, 0.3) is 0 Å². The Hall–Kier alpha value is -0.0800. The van der Waals surface area contributed by atoms with Gasteiger partial charge in [-0.1, -0.05) is 39.0 Å². The van der Waals surface area contributed by atoms with E-state index in [1.807, 2.05) is 0 Å². The molecule has 18 heavy (non-hydrogen) atoms. The summed E-state index contributed by atoms with van der Waals surface area (Å²) in [5.74, 6) is 0. The number of nitrogens with zero attached hydrogens (tertiary/aromatic N) is 1. The van der Waals surface area contributed by atoms with Crippen LogP contribution >= 0.6 is 0 Å². The van der Waals surface area contributed by atoms with E-state index in [1.165, 1.54) is 84.0 Å². The summed E-state index contributed by atoms with van der Waals surface area (Å²) in [6.07, 6.45) is 12.5. The Kier molecular flexibility index (Phi) is 9.59. The van der Waals surface area contributed by atoms with Gasteiger partial charge < -0.3 is 10.2 Å². The average molecular weight is 254 g/mol. The highest BCUT2D eigenvalue weighted by atomic mass is 15.1. The second-order valence-electron chi connectivity index (χ2n) is 5.96. The molecule has 0 spiro atoms. The molecule has 1 aliphatic rings. The Labute approximate surface area is 115 Å². The minimum atomic E-state index is 0.713. The van der Waals surface area contributed by atoms with Crippen LogP contribution in [0.3, 0.4) is 0 Å². The van der Waals surface area contributed by atoms with Crippen LogP contribution in [0.25, 0.3) is 0 Å². The summed E-state index contributed by atoms with van der Waals surface area (Å²) < 4.78 is 0. The van der Waals surface area contributed by atoms with Crippen LogP contribution in [0.15, 0.2) is 0 Å². The first-order valence-electron chi connectivity index (χ1n) is 8.28. The molecule has 1 heterocycles. The molecule has 1 fully saturated rings. The van der Waals surface area contributed by atoms with Crippen LogP contribution in [0, 0.1) is 0 Å². The lowest BCUT2D eigenvalue weighted by Crippen LogP contribution is -2.30. The molecule has 0 aromatic heterocycles. The van der Waals surface area contributed by atoms with Crippen LogP contribution in [0.5, 0.6) is 0 Å². The second kappa shape index (κ2) is 10.8. The molecule has 1 saturated heterocycles. The van der Waals surface area contributed by atoms with E-state index in [9.17, 15) is 0 Å². The van der Waals surface area contributed by atoms with Gasteiger partial charge in [0.1, 0.15) is 0 Å². The van der Waals surface area contributed by atoms with Crippen molar-refractivity contribution in [1.82, 2.24) is 10.2 Å². The van der Waals surface area contributed by atoms with Gasteiger partial charge in [-0.2, -0.15) is 0 Å². The minimum Gasteiger partial charge on any atom is -0.314 e. The molecule has 1 N–H and O–H groups in total. The van der Waals surface area contributed by atoms with Crippen molar-refractivity contribution in [3.05, 3.63) is 0 Å². The second-order valence-corrected chi connectivity index (χ2v) is 5.96. The molecule has 0 radical (unpaired) electrons. The molecule has 1 rings (SSSR count). The quantitative estimate of drug-likeness (QED) is 0.564. The zero-order chi connectivity index (χ0) is 13.1. The Morgan fingerprint density at radius 3 is 2.44 bits per heavy atom. The summed E-state index contributed by atoms with van der Waals surface area (Å²) in [7, 11) is 0. The van der Waals surface area contributed by atoms with E-state index in [1.54, 1.807) is 0 Å². The molecule has 0 aromatic rings. The Bertz CT molecular complexity index is 176. The van der Waals surface area contributed by atoms with Crippen molar-refractivity contribution in [2.75, 3.05) is 26.2 Å². The van der Waals surface area contributed by atoms with Gasteiger partial charge in [-0.25, -0.2) is 0 Å². The fraction of sp³-hybridized carbons (Fsp3) is 1.00. The predicted octanol–water partition coefficient (Wildman–Crippen LogP) is 3.81. The van der Waals surface area contributed by atoms with Crippen LogP contribution in [-0.2, 0) is 0 Å². The standard InChI is InChI=1S/C16H34N2/c1-3-4-5-6-7-11-16(2)17-12-10-15-18-13-8-9-14-18/h16-17H,3-15H2,1-2H3. The monoisotopic (exact) mass is 254 g/mol. The third-order valence-electron chi connectivity index (χ3n) is 4.08. The molecule has 0 amide bonds. The molecule has 1 unspecified atom stereocenters. The summed E-state index contributed by atoms with van der Waals surface area (Å²) in [5, 5.41) is 3.67. The maximum atomic E-state index is 3.67. The van der Waals surface area contributed by atoms with Gasteiger partial charge in [-0.05, 0) is 58.8 Å². The number of likely N-dealkylation sites (tertiary alicyclic amines) is 1. The van der Waals surface area contributed by atoms with Gasteiger partial charge in [0.2, 0.25) is 0 Å². The van der Waals surface area contributed by atoms with Gasteiger partial charge in [0.05, 0.1) is 0 Å². The normalized spacial score (nSPS) is 18.3. The van der Waals surface area contributed by atoms with Crippen LogP contribution in [0.1, 0.15) is 71.6 Å². The highest BCUT2D eigenvalue weighted by Crippen LogP contribution is 2.08. The first-order valence-corrected chi connectivity index (χ1v) is 8.28. The molecule has 108 valence electrons. The summed E-state index contributed by atoms with van der Waals surface area (Å²) in [4.78, 5) is 2.61. The van der Waals surface area contributed by atoms with Crippen molar-refractivity contribution in [3.63, 3.8) is 0 Å². The maximum Gasteiger partial charge on any atom is 0.00387 e. The highest BCUT2D eigenvalue weighted by molar-refractivity contribution is 4.67. The number of hydrogen-bond donors (Lipinski definition) is 1. The third-order valence-corrected chi connectivity index (χ3v) is 4.08. The predicted molar refractivity (Wildman–Crippen MR) is 81.1 cm³/mol. The maximum absolute atomic E-state index is 3.67. The molecule has 1 aliphatic heterocycles. The average Bonchev–Trinajstić information content (AvgIpc) is 2.87. The smallest absolute Gasteiger partial charge is 0.00387 e. The fourth-order valence-corrected chi connectivity index (χ4v) is 2.81. The van der Waals surface area contributed by atoms with E-state index < -0.39 is 0 Å². The van der Waals surface area contributed by atoms with Crippen molar-refractivity contribution in [3.8, 4) is 0 Å². The van der Waals surface area contributed by atoms with Crippen LogP contribution < -0.4 is 5.32 Å². The molecule has 0 aromatic carbocycles. The van der Waals surface area contributed by atoms with Crippen LogP contribution in [0.4, 0.5) is 0 Å². The summed E-state index contributed by atoms with van der Waals surface area (Å²) in [6.45, 7) is 9.81. The van der Waals surface area contributed by atoms with Crippen LogP contribution in [-0.4, -0.2) is 37.1 Å². The summed E-state index contributed by atoms with van der Waals surface area (Å²) >= 11 is 0. The zero-order valence-corrected chi connectivity index (χ0v) is 12.7. The first kappa shape index (κ1) is 16.0. The van der Waals surface area contributed by atoms with Gasteiger partial charge in [0, 0.05) is 6.04 Å². The molecule has 1 atom stereocenters. The Morgan fingerprint density at radius 2 is 1.72 bits per heavy atom. The van der Waals surface area contributed by atoms with E-state index in [-0.39, 0.29) is 0 Å². The first-order chi connectivity index (χ1) is 8.83. The molecule has 0 aliphatic carbocycles. The molecule has 2 nitrogen and oxygen atoms in total. The van der Waals surface area contributed by atoms with Gasteiger partial charge >= 0.3 is 0 Å². The van der Waals surface area contributed by atoms with Gasteiger partial charge in [-0.15, -0.1) is 0 Å². The van der Waals surface area contributed by atoms with Crippen molar-refractivity contribution in [2.24, 2.45) is 0 Å². The van der Waals surface area contributed by atoms with Crippen molar-refractivity contribution in [2.45, 2.75) is 77.7 Å². The number of nitrogens with one attached hydrogen (secondary N) is 1. The molecule has 2 heteroatoms. The van der Waals surface area contributed by atoms with Crippen molar-refractivity contribution >= 4 is 0 Å². The van der Waals surface area contributed by atoms with Crippen molar-refractivity contribution < 1.29 is 0 Å². The van der Waals surface area contributed by atoms with E-state index in [0.29, 0.717) is 6.04 Å². The number of unbranched alkanes of at least 4 members (excludes halogenated alkanes) is 4. The van der Waals surface area contributed by atoms with E-state index in [0.717, 1.165) is 0 Å². The number of rotatable bonds is 11. The molecule has 0 saturated carbocycles. The lowest BCUT2D eigenvalue weighted by molar-refractivity contribution is 0.327. The van der Waals surface area contributed by atoms with Gasteiger partial charge in [0.15, 0.2) is 0 Å². The molecular formula is C16H34N2. The fourth-order valence-electron chi connectivity index (χ4n) is 2.81. The lowest BCUT2D eigenvalue weighted by Gasteiger charge is -2.17. The Balaban J connectivity index is 1.82. The topological polar surface area (TPSA) is 15.3 Å². The van der Waals surface area contributed by atoms with E-state index in [4.69, 9.17) is 0 Å².